The maximum absolute atomic E-state index is 13.4. The molecule has 23 heavy (non-hydrogen) atoms. The van der Waals surface area contributed by atoms with Crippen molar-refractivity contribution in [3.05, 3.63) is 52.0 Å². The summed E-state index contributed by atoms with van der Waals surface area (Å²) >= 11 is 1.17. The van der Waals surface area contributed by atoms with Crippen molar-refractivity contribution < 1.29 is 22.7 Å². The van der Waals surface area contributed by atoms with Crippen LogP contribution in [0.25, 0.3) is 0 Å². The normalized spacial score (nSPS) is 12.9. The summed E-state index contributed by atoms with van der Waals surface area (Å²) in [7, 11) is 2.60. The largest absolute Gasteiger partial charge is 0.413 e. The van der Waals surface area contributed by atoms with E-state index < -0.39 is 18.1 Å². The molecule has 1 aromatic heterocycles. The fraction of sp³-hybridized carbons (Fsp3) is 0.333. The first-order valence-electron chi connectivity index (χ1n) is 6.66. The van der Waals surface area contributed by atoms with Crippen LogP contribution in [0.15, 0.2) is 35.7 Å². The average Bonchev–Trinajstić information content (AvgIpc) is 2.95. The summed E-state index contributed by atoms with van der Waals surface area (Å²) in [6.45, 7) is 0.211. The van der Waals surface area contributed by atoms with Crippen molar-refractivity contribution in [1.82, 2.24) is 9.88 Å². The SMILES string of the molecule is COCc1nc(C(=O)N(C)[C@H](c2ccccc2)C(F)(F)F)cs1. The second kappa shape index (κ2) is 7.10. The second-order valence-electron chi connectivity index (χ2n) is 4.83. The lowest BCUT2D eigenvalue weighted by atomic mass is 10.0. The predicted octanol–water partition coefficient (Wildman–Crippen LogP) is 3.67. The third kappa shape index (κ3) is 4.08. The monoisotopic (exact) mass is 344 g/mol. The number of halogens is 3. The van der Waals surface area contributed by atoms with Gasteiger partial charge in [0.15, 0.2) is 6.04 Å². The van der Waals surface area contributed by atoms with Gasteiger partial charge in [-0.2, -0.15) is 13.2 Å². The molecule has 1 aromatic carbocycles. The zero-order valence-electron chi connectivity index (χ0n) is 12.5. The summed E-state index contributed by atoms with van der Waals surface area (Å²) in [6, 6.07) is 5.30. The van der Waals surface area contributed by atoms with Crippen LogP contribution < -0.4 is 0 Å². The summed E-state index contributed by atoms with van der Waals surface area (Å²) < 4.78 is 45.2. The Morgan fingerprint density at radius 2 is 2.00 bits per heavy atom. The molecule has 0 fully saturated rings. The Hall–Kier alpha value is -1.93. The molecule has 0 radical (unpaired) electrons. The first kappa shape index (κ1) is 17.4. The molecule has 0 spiro atoms. The van der Waals surface area contributed by atoms with Crippen molar-refractivity contribution in [3.8, 4) is 0 Å². The Labute approximate surface area is 135 Å². The van der Waals surface area contributed by atoms with Gasteiger partial charge in [0.2, 0.25) is 0 Å². The quantitative estimate of drug-likeness (QED) is 0.831. The van der Waals surface area contributed by atoms with Gasteiger partial charge in [-0.05, 0) is 5.56 Å². The number of carbonyl (C=O) groups excluding carboxylic acids is 1. The van der Waals surface area contributed by atoms with Gasteiger partial charge in [0.05, 0.1) is 6.61 Å². The van der Waals surface area contributed by atoms with Gasteiger partial charge in [0, 0.05) is 19.5 Å². The van der Waals surface area contributed by atoms with E-state index in [9.17, 15) is 18.0 Å². The fourth-order valence-electron chi connectivity index (χ4n) is 2.16. The van der Waals surface area contributed by atoms with Crippen LogP contribution in [0.1, 0.15) is 27.1 Å². The summed E-state index contributed by atoms with van der Waals surface area (Å²) in [4.78, 5) is 17.0. The smallest absolute Gasteiger partial charge is 0.378 e. The van der Waals surface area contributed by atoms with Crippen molar-refractivity contribution >= 4 is 17.2 Å². The van der Waals surface area contributed by atoms with Crippen LogP contribution in [0.4, 0.5) is 13.2 Å². The maximum atomic E-state index is 13.4. The Bertz CT molecular complexity index is 658. The molecule has 0 bridgehead atoms. The van der Waals surface area contributed by atoms with Crippen molar-refractivity contribution in [2.45, 2.75) is 18.8 Å². The van der Waals surface area contributed by atoms with E-state index in [0.717, 1.165) is 7.05 Å². The summed E-state index contributed by atoms with van der Waals surface area (Å²) in [5.74, 6) is -0.783. The molecule has 0 N–H and O–H groups in total. The van der Waals surface area contributed by atoms with Crippen molar-refractivity contribution in [1.29, 1.82) is 0 Å². The fourth-order valence-corrected chi connectivity index (χ4v) is 2.90. The summed E-state index contributed by atoms with van der Waals surface area (Å²) in [6.07, 6.45) is -4.59. The zero-order chi connectivity index (χ0) is 17.0. The van der Waals surface area contributed by atoms with E-state index in [4.69, 9.17) is 4.74 Å². The van der Waals surface area contributed by atoms with Crippen molar-refractivity contribution in [3.63, 3.8) is 0 Å². The number of benzene rings is 1. The third-order valence-electron chi connectivity index (χ3n) is 3.17. The molecule has 0 saturated carbocycles. The van der Waals surface area contributed by atoms with E-state index in [0.29, 0.717) is 9.91 Å². The zero-order valence-corrected chi connectivity index (χ0v) is 13.3. The molecule has 2 rings (SSSR count). The van der Waals surface area contributed by atoms with Crippen LogP contribution >= 0.6 is 11.3 Å². The summed E-state index contributed by atoms with van der Waals surface area (Å²) in [5, 5.41) is 1.97. The van der Waals surface area contributed by atoms with Gasteiger partial charge in [0.1, 0.15) is 10.7 Å². The van der Waals surface area contributed by atoms with Crippen molar-refractivity contribution in [2.24, 2.45) is 0 Å². The number of carbonyl (C=O) groups is 1. The number of thiazole rings is 1. The van der Waals surface area contributed by atoms with Gasteiger partial charge in [-0.3, -0.25) is 4.79 Å². The molecule has 1 amide bonds. The van der Waals surface area contributed by atoms with Crippen LogP contribution in [0.5, 0.6) is 0 Å². The van der Waals surface area contributed by atoms with Crippen LogP contribution in [0, 0.1) is 0 Å². The minimum Gasteiger partial charge on any atom is -0.378 e. The highest BCUT2D eigenvalue weighted by molar-refractivity contribution is 7.09. The molecule has 8 heteroatoms. The molecule has 0 aliphatic carbocycles. The van der Waals surface area contributed by atoms with Gasteiger partial charge in [-0.25, -0.2) is 4.98 Å². The topological polar surface area (TPSA) is 42.4 Å². The lowest BCUT2D eigenvalue weighted by Crippen LogP contribution is -2.39. The van der Waals surface area contributed by atoms with Gasteiger partial charge in [0.25, 0.3) is 5.91 Å². The van der Waals surface area contributed by atoms with Crippen LogP contribution in [0.3, 0.4) is 0 Å². The van der Waals surface area contributed by atoms with E-state index in [1.54, 1.807) is 6.07 Å². The minimum absolute atomic E-state index is 0.00296. The highest BCUT2D eigenvalue weighted by Gasteiger charge is 2.45. The molecular weight excluding hydrogens is 329 g/mol. The molecule has 0 aliphatic rings. The van der Waals surface area contributed by atoms with Crippen LogP contribution in [-0.4, -0.2) is 36.1 Å². The summed E-state index contributed by atoms with van der Waals surface area (Å²) in [5.41, 5.74) is -0.0158. The average molecular weight is 344 g/mol. The van der Waals surface area contributed by atoms with Crippen molar-refractivity contribution in [2.75, 3.05) is 14.2 Å². The molecular formula is C15H15F3N2O2S. The first-order valence-corrected chi connectivity index (χ1v) is 7.54. The molecule has 0 saturated heterocycles. The maximum Gasteiger partial charge on any atom is 0.413 e. The second-order valence-corrected chi connectivity index (χ2v) is 5.77. The lowest BCUT2D eigenvalue weighted by Gasteiger charge is -2.29. The van der Waals surface area contributed by atoms with E-state index >= 15 is 0 Å². The van der Waals surface area contributed by atoms with Gasteiger partial charge in [-0.1, -0.05) is 30.3 Å². The number of hydrogen-bond donors (Lipinski definition) is 0. The van der Waals surface area contributed by atoms with Gasteiger partial charge in [-0.15, -0.1) is 11.3 Å². The standard InChI is InChI=1S/C15H15F3N2O2S/c1-20(14(21)11-9-23-12(19-11)8-22-2)13(15(16,17)18)10-6-4-3-5-7-10/h3-7,9,13H,8H2,1-2H3/t13-/m1/s1. The highest BCUT2D eigenvalue weighted by atomic mass is 32.1. The minimum atomic E-state index is -4.59. The number of rotatable bonds is 5. The lowest BCUT2D eigenvalue weighted by molar-refractivity contribution is -0.176. The number of hydrogen-bond acceptors (Lipinski definition) is 4. The van der Waals surface area contributed by atoms with Crippen LogP contribution in [0.2, 0.25) is 0 Å². The third-order valence-corrected chi connectivity index (χ3v) is 3.99. The van der Waals surface area contributed by atoms with E-state index in [1.165, 1.54) is 48.1 Å². The number of amides is 1. The molecule has 0 unspecified atom stereocenters. The Kier molecular flexibility index (Phi) is 5.38. The molecule has 0 aliphatic heterocycles. The highest BCUT2D eigenvalue weighted by Crippen LogP contribution is 2.37. The molecule has 2 aromatic rings. The predicted molar refractivity (Wildman–Crippen MR) is 80.2 cm³/mol. The van der Waals surface area contributed by atoms with E-state index in [2.05, 4.69) is 4.98 Å². The number of nitrogens with zero attached hydrogens (tertiary/aromatic N) is 2. The van der Waals surface area contributed by atoms with Crippen LogP contribution in [-0.2, 0) is 11.3 Å². The molecule has 1 atom stereocenters. The van der Waals surface area contributed by atoms with E-state index in [-0.39, 0.29) is 17.9 Å². The number of ether oxygens (including phenoxy) is 1. The Morgan fingerprint density at radius 1 is 1.35 bits per heavy atom. The first-order chi connectivity index (χ1) is 10.8. The molecule has 4 nitrogen and oxygen atoms in total. The van der Waals surface area contributed by atoms with Gasteiger partial charge >= 0.3 is 6.18 Å². The molecule has 1 heterocycles. The Morgan fingerprint density at radius 3 is 2.57 bits per heavy atom. The number of alkyl halides is 3. The van der Waals surface area contributed by atoms with E-state index in [1.807, 2.05) is 0 Å². The molecule has 124 valence electrons. The Balaban J connectivity index is 2.29. The van der Waals surface area contributed by atoms with Gasteiger partial charge < -0.3 is 9.64 Å². The number of aromatic nitrogens is 1. The number of methoxy groups -OCH3 is 1.